The summed E-state index contributed by atoms with van der Waals surface area (Å²) in [5.41, 5.74) is 1.68. The number of hydrogen-bond donors (Lipinski definition) is 1. The maximum Gasteiger partial charge on any atom is 0.142 e. The summed E-state index contributed by atoms with van der Waals surface area (Å²) in [6.07, 6.45) is 2.28. The van der Waals surface area contributed by atoms with Crippen LogP contribution in [0, 0.1) is 6.92 Å². The average Bonchev–Trinajstić information content (AvgIpc) is 3.28. The summed E-state index contributed by atoms with van der Waals surface area (Å²) in [7, 11) is 1.64. The van der Waals surface area contributed by atoms with E-state index >= 15 is 0 Å². The lowest BCUT2D eigenvalue weighted by atomic mass is 10.2. The zero-order chi connectivity index (χ0) is 15.0. The molecule has 0 saturated heterocycles. The Kier molecular flexibility index (Phi) is 4.04. The van der Waals surface area contributed by atoms with Crippen molar-refractivity contribution in [2.45, 2.75) is 25.7 Å². The average molecular weight is 369 g/mol. The monoisotopic (exact) mass is 367 g/mol. The third kappa shape index (κ3) is 3.14. The van der Waals surface area contributed by atoms with Crippen LogP contribution in [-0.2, 0) is 0 Å². The van der Waals surface area contributed by atoms with Gasteiger partial charge in [-0.25, -0.2) is 9.97 Å². The molecule has 1 heterocycles. The highest BCUT2D eigenvalue weighted by Gasteiger charge is 2.28. The predicted molar refractivity (Wildman–Crippen MR) is 87.7 cm³/mol. The van der Waals surface area contributed by atoms with Crippen LogP contribution in [0.1, 0.15) is 30.1 Å². The fourth-order valence-electron chi connectivity index (χ4n) is 2.06. The molecule has 1 aliphatic rings. The first-order valence-electron chi connectivity index (χ1n) is 6.73. The van der Waals surface area contributed by atoms with E-state index in [9.17, 15) is 0 Å². The maximum absolute atomic E-state index is 6.23. The Morgan fingerprint density at radius 3 is 2.76 bits per heavy atom. The maximum atomic E-state index is 6.23. The Bertz CT molecular complexity index is 689. The molecule has 1 aromatic heterocycles. The van der Waals surface area contributed by atoms with Crippen molar-refractivity contribution in [3.8, 4) is 5.75 Å². The summed E-state index contributed by atoms with van der Waals surface area (Å²) >= 11 is 9.70. The van der Waals surface area contributed by atoms with Crippen LogP contribution in [-0.4, -0.2) is 17.1 Å². The highest BCUT2D eigenvalue weighted by molar-refractivity contribution is 9.10. The largest absolute Gasteiger partial charge is 0.495 e. The summed E-state index contributed by atoms with van der Waals surface area (Å²) in [4.78, 5) is 8.99. The number of nitrogens with one attached hydrogen (secondary N) is 1. The van der Waals surface area contributed by atoms with Gasteiger partial charge >= 0.3 is 0 Å². The quantitative estimate of drug-likeness (QED) is 0.785. The summed E-state index contributed by atoms with van der Waals surface area (Å²) < 4.78 is 6.34. The molecular formula is C15H15BrClN3O. The first kappa shape index (κ1) is 14.6. The third-order valence-electron chi connectivity index (χ3n) is 3.46. The Labute approximate surface area is 137 Å². The van der Waals surface area contributed by atoms with Gasteiger partial charge in [0.05, 0.1) is 12.8 Å². The van der Waals surface area contributed by atoms with Crippen LogP contribution >= 0.6 is 27.5 Å². The Balaban J connectivity index is 1.99. The van der Waals surface area contributed by atoms with Crippen molar-refractivity contribution < 1.29 is 4.74 Å². The second-order valence-electron chi connectivity index (χ2n) is 5.09. The molecule has 1 N–H and O–H groups in total. The molecule has 1 fully saturated rings. The van der Waals surface area contributed by atoms with Gasteiger partial charge in [-0.2, -0.15) is 0 Å². The van der Waals surface area contributed by atoms with Crippen LogP contribution < -0.4 is 10.1 Å². The fourth-order valence-corrected chi connectivity index (χ4v) is 2.59. The number of anilines is 2. The number of rotatable bonds is 4. The van der Waals surface area contributed by atoms with E-state index in [-0.39, 0.29) is 0 Å². The molecule has 0 radical (unpaired) electrons. The first-order valence-corrected chi connectivity index (χ1v) is 7.90. The lowest BCUT2D eigenvalue weighted by Crippen LogP contribution is -2.04. The van der Waals surface area contributed by atoms with Gasteiger partial charge < -0.3 is 10.1 Å². The summed E-state index contributed by atoms with van der Waals surface area (Å²) in [6.45, 7) is 1.91. The molecule has 1 saturated carbocycles. The highest BCUT2D eigenvalue weighted by atomic mass is 79.9. The molecule has 0 bridgehead atoms. The number of halogens is 2. The molecule has 21 heavy (non-hydrogen) atoms. The van der Waals surface area contributed by atoms with Gasteiger partial charge in [-0.3, -0.25) is 0 Å². The van der Waals surface area contributed by atoms with Crippen molar-refractivity contribution in [2.75, 3.05) is 12.4 Å². The summed E-state index contributed by atoms with van der Waals surface area (Å²) in [5.74, 6) is 2.75. The van der Waals surface area contributed by atoms with Crippen molar-refractivity contribution in [3.63, 3.8) is 0 Å². The number of ether oxygens (including phenoxy) is 1. The Hall–Kier alpha value is -1.33. The van der Waals surface area contributed by atoms with Crippen LogP contribution in [0.4, 0.5) is 11.5 Å². The zero-order valence-electron chi connectivity index (χ0n) is 11.8. The van der Waals surface area contributed by atoms with Gasteiger partial charge in [0.2, 0.25) is 0 Å². The minimum Gasteiger partial charge on any atom is -0.495 e. The fraction of sp³-hybridized carbons (Fsp3) is 0.333. The molecule has 1 aromatic carbocycles. The molecule has 110 valence electrons. The van der Waals surface area contributed by atoms with Crippen molar-refractivity contribution in [1.82, 2.24) is 9.97 Å². The van der Waals surface area contributed by atoms with E-state index in [0.717, 1.165) is 46.0 Å². The smallest absolute Gasteiger partial charge is 0.142 e. The van der Waals surface area contributed by atoms with E-state index in [0.29, 0.717) is 11.1 Å². The van der Waals surface area contributed by atoms with E-state index in [2.05, 4.69) is 31.2 Å². The second-order valence-corrected chi connectivity index (χ2v) is 6.36. The van der Waals surface area contributed by atoms with Crippen LogP contribution in [0.5, 0.6) is 5.75 Å². The third-order valence-corrected chi connectivity index (χ3v) is 4.32. The Morgan fingerprint density at radius 2 is 2.10 bits per heavy atom. The van der Waals surface area contributed by atoms with Crippen LogP contribution in [0.2, 0.25) is 5.15 Å². The zero-order valence-corrected chi connectivity index (χ0v) is 14.1. The lowest BCUT2D eigenvalue weighted by molar-refractivity contribution is 0.416. The summed E-state index contributed by atoms with van der Waals surface area (Å²) in [6, 6.07) is 5.77. The van der Waals surface area contributed by atoms with Crippen molar-refractivity contribution in [2.24, 2.45) is 0 Å². The van der Waals surface area contributed by atoms with Gasteiger partial charge in [-0.15, -0.1) is 0 Å². The van der Waals surface area contributed by atoms with Crippen LogP contribution in [0.25, 0.3) is 0 Å². The highest BCUT2D eigenvalue weighted by Crippen LogP contribution is 2.40. The molecule has 0 unspecified atom stereocenters. The number of methoxy groups -OCH3 is 1. The number of nitrogens with zero attached hydrogens (tertiary/aromatic N) is 2. The van der Waals surface area contributed by atoms with Crippen LogP contribution in [0.15, 0.2) is 22.7 Å². The minimum absolute atomic E-state index is 0.452. The molecule has 4 nitrogen and oxygen atoms in total. The number of aromatic nitrogens is 2. The predicted octanol–water partition coefficient (Wildman–Crippen LogP) is 4.83. The minimum atomic E-state index is 0.452. The molecule has 2 aromatic rings. The molecular weight excluding hydrogens is 354 g/mol. The number of hydrogen-bond acceptors (Lipinski definition) is 4. The van der Waals surface area contributed by atoms with E-state index in [4.69, 9.17) is 16.3 Å². The standard InChI is InChI=1S/C15H15BrClN3O/c1-8-13(17)19-15(9-3-4-9)20-14(8)18-11-7-10(16)5-6-12(11)21-2/h5-7,9H,3-4H2,1-2H3,(H,18,19,20). The van der Waals surface area contributed by atoms with Gasteiger partial charge in [0.15, 0.2) is 0 Å². The van der Waals surface area contributed by atoms with E-state index in [1.807, 2.05) is 25.1 Å². The molecule has 1 aliphatic carbocycles. The van der Waals surface area contributed by atoms with Gasteiger partial charge in [0, 0.05) is 16.0 Å². The molecule has 3 rings (SSSR count). The normalized spacial score (nSPS) is 14.1. The van der Waals surface area contributed by atoms with Crippen molar-refractivity contribution in [1.29, 1.82) is 0 Å². The van der Waals surface area contributed by atoms with Gasteiger partial charge in [-0.05, 0) is 38.0 Å². The molecule has 0 amide bonds. The lowest BCUT2D eigenvalue weighted by Gasteiger charge is -2.14. The van der Waals surface area contributed by atoms with E-state index < -0.39 is 0 Å². The Morgan fingerprint density at radius 1 is 1.33 bits per heavy atom. The van der Waals surface area contributed by atoms with Gasteiger partial charge in [0.1, 0.15) is 22.5 Å². The second kappa shape index (κ2) is 5.81. The van der Waals surface area contributed by atoms with Gasteiger partial charge in [0.25, 0.3) is 0 Å². The molecule has 0 atom stereocenters. The van der Waals surface area contributed by atoms with Crippen molar-refractivity contribution >= 4 is 39.0 Å². The number of benzene rings is 1. The SMILES string of the molecule is COc1ccc(Br)cc1Nc1nc(C2CC2)nc(Cl)c1C. The van der Waals surface area contributed by atoms with Gasteiger partial charge in [-0.1, -0.05) is 27.5 Å². The van der Waals surface area contributed by atoms with Crippen molar-refractivity contribution in [3.05, 3.63) is 39.2 Å². The topological polar surface area (TPSA) is 47.0 Å². The summed E-state index contributed by atoms with van der Waals surface area (Å²) in [5, 5.41) is 3.81. The van der Waals surface area contributed by atoms with Crippen LogP contribution in [0.3, 0.4) is 0 Å². The molecule has 0 spiro atoms. The van der Waals surface area contributed by atoms with E-state index in [1.54, 1.807) is 7.11 Å². The molecule has 0 aliphatic heterocycles. The first-order chi connectivity index (χ1) is 10.1. The van der Waals surface area contributed by atoms with E-state index in [1.165, 1.54) is 0 Å². The molecule has 6 heteroatoms.